The number of nitrogens with zero attached hydrogens (tertiary/aromatic N) is 3. The van der Waals surface area contributed by atoms with Crippen LogP contribution in [0.25, 0.3) is 11.0 Å². The van der Waals surface area contributed by atoms with Gasteiger partial charge in [0.05, 0.1) is 17.6 Å². The molecular weight excluding hydrogens is 374 g/mol. The number of imidazole rings is 1. The van der Waals surface area contributed by atoms with E-state index in [1.54, 1.807) is 0 Å². The van der Waals surface area contributed by atoms with Crippen LogP contribution in [0.2, 0.25) is 0 Å². The predicted octanol–water partition coefficient (Wildman–Crippen LogP) is 4.79. The van der Waals surface area contributed by atoms with Gasteiger partial charge in [0.1, 0.15) is 18.2 Å². The van der Waals surface area contributed by atoms with Crippen molar-refractivity contribution in [1.29, 1.82) is 0 Å². The highest BCUT2D eigenvalue weighted by Crippen LogP contribution is 2.33. The van der Waals surface area contributed by atoms with Crippen LogP contribution in [0.3, 0.4) is 0 Å². The van der Waals surface area contributed by atoms with Gasteiger partial charge in [0.15, 0.2) is 0 Å². The maximum Gasteiger partial charge on any atom is 0.223 e. The Balaban J connectivity index is 1.55. The van der Waals surface area contributed by atoms with Gasteiger partial charge < -0.3 is 14.2 Å². The molecule has 30 heavy (non-hydrogen) atoms. The summed E-state index contributed by atoms with van der Waals surface area (Å²) in [4.78, 5) is 19.5. The molecule has 0 unspecified atom stereocenters. The van der Waals surface area contributed by atoms with Gasteiger partial charge in [0.25, 0.3) is 0 Å². The van der Waals surface area contributed by atoms with Gasteiger partial charge in [-0.2, -0.15) is 0 Å². The molecule has 0 aliphatic carbocycles. The molecule has 0 saturated carbocycles. The number of ether oxygens (including phenoxy) is 1. The molecule has 0 bridgehead atoms. The summed E-state index contributed by atoms with van der Waals surface area (Å²) in [7, 11) is 0. The van der Waals surface area contributed by atoms with Crippen molar-refractivity contribution in [3.63, 3.8) is 0 Å². The number of benzene rings is 2. The molecule has 1 saturated heterocycles. The van der Waals surface area contributed by atoms with Crippen molar-refractivity contribution in [2.24, 2.45) is 0 Å². The largest absolute Gasteiger partial charge is 0.492 e. The minimum atomic E-state index is -0.170. The Bertz CT molecular complexity index is 1030. The molecule has 5 nitrogen and oxygen atoms in total. The lowest BCUT2D eigenvalue weighted by atomic mass is 10.1. The second kappa shape index (κ2) is 8.13. The first-order valence-corrected chi connectivity index (χ1v) is 10.8. The van der Waals surface area contributed by atoms with Crippen LogP contribution in [0, 0.1) is 0 Å². The van der Waals surface area contributed by atoms with E-state index in [1.165, 1.54) is 5.56 Å². The van der Waals surface area contributed by atoms with Gasteiger partial charge in [-0.3, -0.25) is 4.79 Å². The lowest BCUT2D eigenvalue weighted by Crippen LogP contribution is -2.42. The third kappa shape index (κ3) is 4.07. The Labute approximate surface area is 178 Å². The van der Waals surface area contributed by atoms with Gasteiger partial charge in [-0.1, -0.05) is 31.2 Å². The lowest BCUT2D eigenvalue weighted by molar-refractivity contribution is -0.131. The molecule has 4 rings (SSSR count). The Hall–Kier alpha value is -2.82. The maximum atomic E-state index is 12.6. The highest BCUT2D eigenvalue weighted by Gasteiger charge is 2.38. The molecule has 2 heterocycles. The number of likely N-dealkylation sites (tertiary alicyclic amines) is 1. The zero-order valence-corrected chi connectivity index (χ0v) is 18.4. The fourth-order valence-corrected chi connectivity index (χ4v) is 4.25. The van der Waals surface area contributed by atoms with Gasteiger partial charge in [0, 0.05) is 24.4 Å². The molecule has 1 atom stereocenters. The minimum absolute atomic E-state index is 0.105. The molecule has 0 spiro atoms. The van der Waals surface area contributed by atoms with Crippen molar-refractivity contribution >= 4 is 16.9 Å². The van der Waals surface area contributed by atoms with E-state index in [1.807, 2.05) is 35.2 Å². The van der Waals surface area contributed by atoms with Gasteiger partial charge >= 0.3 is 0 Å². The van der Waals surface area contributed by atoms with Crippen LogP contribution in [-0.4, -0.2) is 39.0 Å². The Kier molecular flexibility index (Phi) is 5.54. The number of carbonyl (C=O) groups is 1. The standard InChI is InChI=1S/C25H31N3O2/c1-5-18-10-12-20(13-11-18)30-15-14-27-22-9-7-6-8-21(22)26-24(27)19-16-23(29)28(17-19)25(2,3)4/h6-13,19H,5,14-17H2,1-4H3/t19-/m1/s1. The summed E-state index contributed by atoms with van der Waals surface area (Å²) in [6, 6.07) is 16.5. The second-order valence-electron chi connectivity index (χ2n) is 9.03. The molecule has 0 radical (unpaired) electrons. The lowest BCUT2D eigenvalue weighted by Gasteiger charge is -2.32. The summed E-state index contributed by atoms with van der Waals surface area (Å²) >= 11 is 0. The number of hydrogen-bond donors (Lipinski definition) is 0. The third-order valence-corrected chi connectivity index (χ3v) is 5.90. The summed E-state index contributed by atoms with van der Waals surface area (Å²) < 4.78 is 8.25. The molecule has 1 amide bonds. The molecule has 1 fully saturated rings. The van der Waals surface area contributed by atoms with E-state index < -0.39 is 0 Å². The summed E-state index contributed by atoms with van der Waals surface area (Å²) in [6.07, 6.45) is 1.54. The topological polar surface area (TPSA) is 47.4 Å². The van der Waals surface area contributed by atoms with Crippen molar-refractivity contribution in [2.75, 3.05) is 13.2 Å². The average molecular weight is 406 g/mol. The number of carbonyl (C=O) groups excluding carboxylic acids is 1. The van der Waals surface area contributed by atoms with Crippen molar-refractivity contribution < 1.29 is 9.53 Å². The highest BCUT2D eigenvalue weighted by atomic mass is 16.5. The van der Waals surface area contributed by atoms with Crippen LogP contribution < -0.4 is 4.74 Å². The number of aromatic nitrogens is 2. The summed E-state index contributed by atoms with van der Waals surface area (Å²) in [5.41, 5.74) is 3.20. The molecule has 5 heteroatoms. The Morgan fingerprint density at radius 2 is 1.83 bits per heavy atom. The minimum Gasteiger partial charge on any atom is -0.492 e. The van der Waals surface area contributed by atoms with Crippen molar-refractivity contribution in [1.82, 2.24) is 14.5 Å². The first kappa shape index (κ1) is 20.5. The average Bonchev–Trinajstić information content (AvgIpc) is 3.29. The van der Waals surface area contributed by atoms with E-state index in [-0.39, 0.29) is 17.4 Å². The zero-order valence-electron chi connectivity index (χ0n) is 18.4. The van der Waals surface area contributed by atoms with Crippen LogP contribution in [0.15, 0.2) is 48.5 Å². The molecule has 2 aromatic carbocycles. The predicted molar refractivity (Wildman–Crippen MR) is 120 cm³/mol. The van der Waals surface area contributed by atoms with Gasteiger partial charge in [-0.05, 0) is 57.0 Å². The van der Waals surface area contributed by atoms with E-state index in [0.29, 0.717) is 26.1 Å². The second-order valence-corrected chi connectivity index (χ2v) is 9.03. The third-order valence-electron chi connectivity index (χ3n) is 5.90. The van der Waals surface area contributed by atoms with Gasteiger partial charge in [-0.15, -0.1) is 0 Å². The first-order chi connectivity index (χ1) is 14.4. The number of aryl methyl sites for hydroxylation is 1. The number of para-hydroxylation sites is 2. The molecule has 1 aliphatic heterocycles. The molecular formula is C25H31N3O2. The summed E-state index contributed by atoms with van der Waals surface area (Å²) in [6.45, 7) is 10.4. The summed E-state index contributed by atoms with van der Waals surface area (Å²) in [5, 5.41) is 0. The fourth-order valence-electron chi connectivity index (χ4n) is 4.25. The smallest absolute Gasteiger partial charge is 0.223 e. The first-order valence-electron chi connectivity index (χ1n) is 10.8. The monoisotopic (exact) mass is 405 g/mol. The van der Waals surface area contributed by atoms with Crippen molar-refractivity contribution in [3.05, 3.63) is 59.9 Å². The Morgan fingerprint density at radius 1 is 1.10 bits per heavy atom. The number of rotatable bonds is 6. The van der Waals surface area contributed by atoms with Crippen molar-refractivity contribution in [2.45, 2.75) is 58.5 Å². The molecule has 3 aromatic rings. The summed E-state index contributed by atoms with van der Waals surface area (Å²) in [5.74, 6) is 2.18. The number of hydrogen-bond acceptors (Lipinski definition) is 3. The molecule has 158 valence electrons. The zero-order chi connectivity index (χ0) is 21.3. The van der Waals surface area contributed by atoms with E-state index in [0.717, 1.165) is 29.0 Å². The maximum absolute atomic E-state index is 12.6. The molecule has 0 N–H and O–H groups in total. The van der Waals surface area contributed by atoms with Gasteiger partial charge in [0.2, 0.25) is 5.91 Å². The number of amides is 1. The van der Waals surface area contributed by atoms with E-state index in [9.17, 15) is 4.79 Å². The van der Waals surface area contributed by atoms with Crippen LogP contribution in [0.5, 0.6) is 5.75 Å². The Morgan fingerprint density at radius 3 is 2.50 bits per heavy atom. The van der Waals surface area contributed by atoms with E-state index in [4.69, 9.17) is 9.72 Å². The van der Waals surface area contributed by atoms with Crippen LogP contribution in [0.1, 0.15) is 51.4 Å². The SMILES string of the molecule is CCc1ccc(OCCn2c([C@@H]3CC(=O)N(C(C)(C)C)C3)nc3ccccc32)cc1. The normalized spacial score (nSPS) is 17.1. The van der Waals surface area contributed by atoms with Crippen LogP contribution >= 0.6 is 0 Å². The van der Waals surface area contributed by atoms with E-state index >= 15 is 0 Å². The van der Waals surface area contributed by atoms with E-state index in [2.05, 4.69) is 50.5 Å². The van der Waals surface area contributed by atoms with Crippen molar-refractivity contribution in [3.8, 4) is 5.75 Å². The quantitative estimate of drug-likeness (QED) is 0.592. The fraction of sp³-hybridized carbons (Fsp3) is 0.440. The van der Waals surface area contributed by atoms with Crippen LogP contribution in [0.4, 0.5) is 0 Å². The molecule has 1 aromatic heterocycles. The van der Waals surface area contributed by atoms with Crippen LogP contribution in [-0.2, 0) is 17.8 Å². The highest BCUT2D eigenvalue weighted by molar-refractivity contribution is 5.81. The molecule has 1 aliphatic rings. The number of fused-ring (bicyclic) bond motifs is 1. The van der Waals surface area contributed by atoms with Gasteiger partial charge in [-0.25, -0.2) is 4.98 Å².